The second kappa shape index (κ2) is 5.43. The first-order chi connectivity index (χ1) is 10.1. The van der Waals surface area contributed by atoms with Crippen LogP contribution in [0.3, 0.4) is 0 Å². The predicted octanol–water partition coefficient (Wildman–Crippen LogP) is 3.83. The smallest absolute Gasteiger partial charge is 0.320 e. The van der Waals surface area contributed by atoms with Crippen LogP contribution in [0.15, 0.2) is 40.9 Å². The third-order valence-corrected chi connectivity index (χ3v) is 2.99. The lowest BCUT2D eigenvalue weighted by Gasteiger charge is -2.07. The first-order valence-electron chi connectivity index (χ1n) is 6.22. The van der Waals surface area contributed by atoms with Crippen molar-refractivity contribution < 1.29 is 17.6 Å². The molecule has 1 aliphatic rings. The van der Waals surface area contributed by atoms with E-state index in [1.54, 1.807) is 0 Å². The number of allylic oxidation sites excluding steroid dienone is 4. The van der Waals surface area contributed by atoms with Crippen LogP contribution in [-0.2, 0) is 0 Å². The third kappa shape index (κ3) is 2.81. The summed E-state index contributed by atoms with van der Waals surface area (Å²) in [4.78, 5) is 0. The van der Waals surface area contributed by atoms with Gasteiger partial charge in [0.05, 0.1) is 11.6 Å². The van der Waals surface area contributed by atoms with E-state index in [2.05, 4.69) is 15.5 Å². The van der Waals surface area contributed by atoms with Crippen LogP contribution in [-0.4, -0.2) is 10.2 Å². The average Bonchev–Trinajstić information content (AvgIpc) is 2.94. The quantitative estimate of drug-likeness (QED) is 0.874. The number of nitrogens with zero attached hydrogens (tertiary/aromatic N) is 2. The van der Waals surface area contributed by atoms with Gasteiger partial charge in [0, 0.05) is 12.1 Å². The van der Waals surface area contributed by atoms with Gasteiger partial charge in [-0.05, 0) is 6.42 Å². The maximum Gasteiger partial charge on any atom is 0.320 e. The summed E-state index contributed by atoms with van der Waals surface area (Å²) < 4.78 is 44.8. The molecule has 3 rings (SSSR count). The molecule has 7 heteroatoms. The van der Waals surface area contributed by atoms with Gasteiger partial charge in [-0.1, -0.05) is 29.4 Å². The Morgan fingerprint density at radius 3 is 2.62 bits per heavy atom. The molecule has 1 aromatic heterocycles. The van der Waals surface area contributed by atoms with Gasteiger partial charge < -0.3 is 9.73 Å². The molecule has 0 spiro atoms. The lowest BCUT2D eigenvalue weighted by atomic mass is 10.0. The lowest BCUT2D eigenvalue weighted by molar-refractivity contribution is 0.483. The molecule has 108 valence electrons. The van der Waals surface area contributed by atoms with Crippen molar-refractivity contribution in [3.8, 4) is 0 Å². The Bertz CT molecular complexity index is 724. The zero-order valence-corrected chi connectivity index (χ0v) is 10.7. The Kier molecular flexibility index (Phi) is 3.47. The number of hydrogen-bond acceptors (Lipinski definition) is 4. The predicted molar refractivity (Wildman–Crippen MR) is 69.5 cm³/mol. The molecule has 1 unspecified atom stereocenters. The Labute approximate surface area is 118 Å². The molecule has 1 aliphatic carbocycles. The van der Waals surface area contributed by atoms with E-state index in [1.807, 2.05) is 24.3 Å². The van der Waals surface area contributed by atoms with E-state index < -0.39 is 17.5 Å². The molecule has 1 aromatic carbocycles. The summed E-state index contributed by atoms with van der Waals surface area (Å²) in [6.45, 7) is 0. The maximum absolute atomic E-state index is 13.5. The van der Waals surface area contributed by atoms with Crippen molar-refractivity contribution in [3.63, 3.8) is 0 Å². The number of aromatic nitrogens is 2. The number of nitrogens with one attached hydrogen (secondary N) is 1. The van der Waals surface area contributed by atoms with Gasteiger partial charge in [0.1, 0.15) is 5.82 Å². The zero-order chi connectivity index (χ0) is 14.8. The van der Waals surface area contributed by atoms with Crippen molar-refractivity contribution in [2.75, 3.05) is 5.32 Å². The number of benzene rings is 1. The van der Waals surface area contributed by atoms with Crippen LogP contribution in [0.4, 0.5) is 24.9 Å². The highest BCUT2D eigenvalue weighted by Gasteiger charge is 2.17. The summed E-state index contributed by atoms with van der Waals surface area (Å²) in [6, 6.07) is 1.05. The molecule has 0 aliphatic heterocycles. The standard InChI is InChI=1S/C14H10F3N3O/c15-9-6-11(17)12(7-10(9)16)18-14-20-19-13(21-14)8-4-2-1-3-5-8/h1-4,6-8H,5H2,(H,18,20). The van der Waals surface area contributed by atoms with Gasteiger partial charge in [0.2, 0.25) is 5.89 Å². The first-order valence-corrected chi connectivity index (χ1v) is 6.22. The topological polar surface area (TPSA) is 51.0 Å². The highest BCUT2D eigenvalue weighted by atomic mass is 19.2. The SMILES string of the molecule is Fc1cc(F)c(Nc2nnc(C3C=CC=CC3)o2)cc1F. The van der Waals surface area contributed by atoms with Crippen LogP contribution in [0.2, 0.25) is 0 Å². The molecule has 21 heavy (non-hydrogen) atoms. The van der Waals surface area contributed by atoms with E-state index in [0.717, 1.165) is 6.42 Å². The molecular weight excluding hydrogens is 283 g/mol. The summed E-state index contributed by atoms with van der Waals surface area (Å²) in [6.07, 6.45) is 8.34. The molecule has 0 fully saturated rings. The van der Waals surface area contributed by atoms with E-state index in [4.69, 9.17) is 4.42 Å². The molecule has 1 atom stereocenters. The minimum atomic E-state index is -1.26. The fraction of sp³-hybridized carbons (Fsp3) is 0.143. The van der Waals surface area contributed by atoms with Crippen molar-refractivity contribution in [2.24, 2.45) is 0 Å². The van der Waals surface area contributed by atoms with E-state index in [1.165, 1.54) is 0 Å². The van der Waals surface area contributed by atoms with Crippen LogP contribution in [0.25, 0.3) is 0 Å². The molecule has 1 N–H and O–H groups in total. The Hall–Kier alpha value is -2.57. The molecule has 4 nitrogen and oxygen atoms in total. The summed E-state index contributed by atoms with van der Waals surface area (Å²) in [7, 11) is 0. The second-order valence-corrected chi connectivity index (χ2v) is 4.47. The first kappa shape index (κ1) is 13.4. The molecule has 2 aromatic rings. The second-order valence-electron chi connectivity index (χ2n) is 4.47. The van der Waals surface area contributed by atoms with Gasteiger partial charge in [0.15, 0.2) is 11.6 Å². The van der Waals surface area contributed by atoms with Gasteiger partial charge in [-0.15, -0.1) is 5.10 Å². The minimum absolute atomic E-state index is 0.0483. The highest BCUT2D eigenvalue weighted by molar-refractivity contribution is 5.53. The van der Waals surface area contributed by atoms with Crippen LogP contribution < -0.4 is 5.32 Å². The Balaban J connectivity index is 1.80. The van der Waals surface area contributed by atoms with Crippen molar-refractivity contribution in [3.05, 3.63) is 59.8 Å². The van der Waals surface area contributed by atoms with Gasteiger partial charge in [-0.2, -0.15) is 0 Å². The number of anilines is 2. The fourth-order valence-corrected chi connectivity index (χ4v) is 1.93. The van der Waals surface area contributed by atoms with Crippen LogP contribution in [0.5, 0.6) is 0 Å². The minimum Gasteiger partial charge on any atom is -0.407 e. The van der Waals surface area contributed by atoms with E-state index in [-0.39, 0.29) is 17.6 Å². The Morgan fingerprint density at radius 1 is 1.05 bits per heavy atom. The van der Waals surface area contributed by atoms with E-state index >= 15 is 0 Å². The van der Waals surface area contributed by atoms with Crippen molar-refractivity contribution in [1.29, 1.82) is 0 Å². The maximum atomic E-state index is 13.5. The van der Waals surface area contributed by atoms with Crippen molar-refractivity contribution in [2.45, 2.75) is 12.3 Å². The molecule has 0 saturated heterocycles. The molecule has 0 radical (unpaired) electrons. The van der Waals surface area contributed by atoms with Gasteiger partial charge >= 0.3 is 6.01 Å². The average molecular weight is 293 g/mol. The third-order valence-electron chi connectivity index (χ3n) is 2.99. The summed E-state index contributed by atoms with van der Waals surface area (Å²) in [5, 5.41) is 10.00. The number of halogens is 3. The van der Waals surface area contributed by atoms with Gasteiger partial charge in [-0.3, -0.25) is 0 Å². The monoisotopic (exact) mass is 293 g/mol. The van der Waals surface area contributed by atoms with E-state index in [9.17, 15) is 13.2 Å². The van der Waals surface area contributed by atoms with E-state index in [0.29, 0.717) is 18.0 Å². The molecule has 1 heterocycles. The molecular formula is C14H10F3N3O. The van der Waals surface area contributed by atoms with Crippen molar-refractivity contribution >= 4 is 11.7 Å². The van der Waals surface area contributed by atoms with Crippen LogP contribution in [0.1, 0.15) is 18.2 Å². The largest absolute Gasteiger partial charge is 0.407 e. The van der Waals surface area contributed by atoms with Gasteiger partial charge in [-0.25, -0.2) is 13.2 Å². The molecule has 0 bridgehead atoms. The summed E-state index contributed by atoms with van der Waals surface area (Å²) in [5.41, 5.74) is -0.275. The molecule has 0 amide bonds. The fourth-order valence-electron chi connectivity index (χ4n) is 1.93. The summed E-state index contributed by atoms with van der Waals surface area (Å²) in [5.74, 6) is -3.06. The normalized spacial score (nSPS) is 17.2. The highest BCUT2D eigenvalue weighted by Crippen LogP contribution is 2.27. The molecule has 0 saturated carbocycles. The lowest BCUT2D eigenvalue weighted by Crippen LogP contribution is -1.97. The van der Waals surface area contributed by atoms with Crippen LogP contribution in [0, 0.1) is 17.5 Å². The number of hydrogen-bond donors (Lipinski definition) is 1. The Morgan fingerprint density at radius 2 is 1.86 bits per heavy atom. The van der Waals surface area contributed by atoms with Crippen molar-refractivity contribution in [1.82, 2.24) is 10.2 Å². The number of rotatable bonds is 3. The van der Waals surface area contributed by atoms with Gasteiger partial charge in [0.25, 0.3) is 0 Å². The zero-order valence-electron chi connectivity index (χ0n) is 10.7. The summed E-state index contributed by atoms with van der Waals surface area (Å²) >= 11 is 0. The van der Waals surface area contributed by atoms with Crippen LogP contribution >= 0.6 is 0 Å².